The summed E-state index contributed by atoms with van der Waals surface area (Å²) in [5.74, 6) is 0.351. The highest BCUT2D eigenvalue weighted by molar-refractivity contribution is 7.99. The number of rotatable bonds is 5. The lowest BCUT2D eigenvalue weighted by Crippen LogP contribution is -2.32. The predicted molar refractivity (Wildman–Crippen MR) is 102 cm³/mol. The smallest absolute Gasteiger partial charge is 0.230 e. The SMILES string of the molecule is O=C(CSc1nncn1-c1ccccc1)N[C@H]1CCCc2ccccc21. The van der Waals surface area contributed by atoms with Gasteiger partial charge in [-0.15, -0.1) is 10.2 Å². The third-order valence-electron chi connectivity index (χ3n) is 4.59. The molecule has 1 aliphatic carbocycles. The van der Waals surface area contributed by atoms with Gasteiger partial charge in [0.15, 0.2) is 5.16 Å². The number of thioether (sulfide) groups is 1. The van der Waals surface area contributed by atoms with Crippen LogP contribution in [0.4, 0.5) is 0 Å². The molecule has 0 radical (unpaired) electrons. The predicted octanol–water partition coefficient (Wildman–Crippen LogP) is 3.55. The van der Waals surface area contributed by atoms with E-state index in [1.165, 1.54) is 22.9 Å². The van der Waals surface area contributed by atoms with Crippen LogP contribution in [0.15, 0.2) is 66.1 Å². The third kappa shape index (κ3) is 3.65. The van der Waals surface area contributed by atoms with Gasteiger partial charge in [-0.2, -0.15) is 0 Å². The molecule has 0 aliphatic heterocycles. The maximum Gasteiger partial charge on any atom is 0.230 e. The number of hydrogen-bond donors (Lipinski definition) is 1. The molecule has 1 atom stereocenters. The van der Waals surface area contributed by atoms with Crippen LogP contribution in [0.3, 0.4) is 0 Å². The van der Waals surface area contributed by atoms with Gasteiger partial charge in [0.25, 0.3) is 0 Å². The van der Waals surface area contributed by atoms with Gasteiger partial charge in [0.2, 0.25) is 5.91 Å². The molecule has 1 heterocycles. The molecule has 0 fully saturated rings. The first-order chi connectivity index (χ1) is 12.8. The highest BCUT2D eigenvalue weighted by Gasteiger charge is 2.21. The van der Waals surface area contributed by atoms with Gasteiger partial charge in [0.1, 0.15) is 6.33 Å². The Morgan fingerprint density at radius 1 is 1.15 bits per heavy atom. The molecule has 1 amide bonds. The van der Waals surface area contributed by atoms with E-state index in [1.54, 1.807) is 6.33 Å². The van der Waals surface area contributed by atoms with E-state index in [0.29, 0.717) is 5.75 Å². The average Bonchev–Trinajstić information content (AvgIpc) is 3.16. The Kier molecular flexibility index (Phi) is 5.02. The van der Waals surface area contributed by atoms with E-state index >= 15 is 0 Å². The topological polar surface area (TPSA) is 59.8 Å². The number of carbonyl (C=O) groups excluding carboxylic acids is 1. The van der Waals surface area contributed by atoms with Gasteiger partial charge < -0.3 is 5.32 Å². The molecule has 0 unspecified atom stereocenters. The minimum Gasteiger partial charge on any atom is -0.349 e. The van der Waals surface area contributed by atoms with E-state index in [-0.39, 0.29) is 11.9 Å². The van der Waals surface area contributed by atoms with E-state index in [2.05, 4.69) is 33.7 Å². The Morgan fingerprint density at radius 3 is 2.85 bits per heavy atom. The van der Waals surface area contributed by atoms with Gasteiger partial charge in [-0.3, -0.25) is 9.36 Å². The molecule has 3 aromatic rings. The zero-order valence-corrected chi connectivity index (χ0v) is 15.2. The summed E-state index contributed by atoms with van der Waals surface area (Å²) in [5, 5.41) is 12.0. The van der Waals surface area contributed by atoms with Crippen LogP contribution >= 0.6 is 11.8 Å². The van der Waals surface area contributed by atoms with Crippen LogP contribution < -0.4 is 5.32 Å². The molecular weight excluding hydrogens is 344 g/mol. The fourth-order valence-electron chi connectivity index (χ4n) is 3.36. The fourth-order valence-corrected chi connectivity index (χ4v) is 4.10. The Bertz CT molecular complexity index is 894. The summed E-state index contributed by atoms with van der Waals surface area (Å²) >= 11 is 1.40. The minimum atomic E-state index is 0.0271. The lowest BCUT2D eigenvalue weighted by Gasteiger charge is -2.26. The Hall–Kier alpha value is -2.60. The lowest BCUT2D eigenvalue weighted by atomic mass is 9.88. The van der Waals surface area contributed by atoms with Crippen LogP contribution in [-0.4, -0.2) is 26.4 Å². The number of nitrogens with zero attached hydrogens (tertiary/aromatic N) is 3. The molecule has 6 heteroatoms. The van der Waals surface area contributed by atoms with Crippen LogP contribution in [0.2, 0.25) is 0 Å². The monoisotopic (exact) mass is 364 g/mol. The van der Waals surface area contributed by atoms with E-state index in [1.807, 2.05) is 41.0 Å². The molecule has 26 heavy (non-hydrogen) atoms. The molecule has 1 N–H and O–H groups in total. The van der Waals surface area contributed by atoms with Gasteiger partial charge >= 0.3 is 0 Å². The molecule has 0 spiro atoms. The summed E-state index contributed by atoms with van der Waals surface area (Å²) in [5.41, 5.74) is 3.59. The Balaban J connectivity index is 1.40. The molecule has 132 valence electrons. The van der Waals surface area contributed by atoms with Gasteiger partial charge in [0, 0.05) is 5.69 Å². The number of aryl methyl sites for hydroxylation is 1. The second kappa shape index (κ2) is 7.74. The van der Waals surface area contributed by atoms with Crippen molar-refractivity contribution in [3.63, 3.8) is 0 Å². The number of fused-ring (bicyclic) bond motifs is 1. The molecule has 0 saturated heterocycles. The van der Waals surface area contributed by atoms with Gasteiger partial charge in [-0.1, -0.05) is 54.2 Å². The van der Waals surface area contributed by atoms with E-state index in [0.717, 1.165) is 30.1 Å². The fraction of sp³-hybridized carbons (Fsp3) is 0.250. The minimum absolute atomic E-state index is 0.0271. The van der Waals surface area contributed by atoms with E-state index in [9.17, 15) is 4.79 Å². The molecule has 0 bridgehead atoms. The first-order valence-corrected chi connectivity index (χ1v) is 9.75. The number of aromatic nitrogens is 3. The van der Waals surface area contributed by atoms with Crippen LogP contribution in [0.5, 0.6) is 0 Å². The molecule has 4 rings (SSSR count). The molecular formula is C20H20N4OS. The number of carbonyl (C=O) groups is 1. The highest BCUT2D eigenvalue weighted by atomic mass is 32.2. The van der Waals surface area contributed by atoms with Crippen LogP contribution in [0, 0.1) is 0 Å². The summed E-state index contributed by atoms with van der Waals surface area (Å²) in [6.45, 7) is 0. The molecule has 0 saturated carbocycles. The first-order valence-electron chi connectivity index (χ1n) is 8.76. The van der Waals surface area contributed by atoms with Crippen LogP contribution in [0.25, 0.3) is 5.69 Å². The Morgan fingerprint density at radius 2 is 1.96 bits per heavy atom. The van der Waals surface area contributed by atoms with Crippen molar-refractivity contribution in [1.29, 1.82) is 0 Å². The van der Waals surface area contributed by atoms with Crippen molar-refractivity contribution in [1.82, 2.24) is 20.1 Å². The maximum absolute atomic E-state index is 12.5. The largest absolute Gasteiger partial charge is 0.349 e. The molecule has 1 aromatic heterocycles. The summed E-state index contributed by atoms with van der Waals surface area (Å²) < 4.78 is 1.90. The standard InChI is InChI=1S/C20H20N4OS/c25-19(22-18-12-6-8-15-7-4-5-11-17(15)18)13-26-20-23-21-14-24(20)16-9-2-1-3-10-16/h1-5,7,9-11,14,18H,6,8,12-13H2,(H,22,25)/t18-/m0/s1. The molecule has 1 aliphatic rings. The number of benzene rings is 2. The summed E-state index contributed by atoms with van der Waals surface area (Å²) in [6, 6.07) is 18.4. The van der Waals surface area contributed by atoms with Crippen molar-refractivity contribution < 1.29 is 4.79 Å². The van der Waals surface area contributed by atoms with E-state index in [4.69, 9.17) is 0 Å². The van der Waals surface area contributed by atoms with Crippen LogP contribution in [0.1, 0.15) is 30.0 Å². The number of nitrogens with one attached hydrogen (secondary N) is 1. The van der Waals surface area contributed by atoms with Gasteiger partial charge in [-0.25, -0.2) is 0 Å². The summed E-state index contributed by atoms with van der Waals surface area (Å²) in [4.78, 5) is 12.5. The summed E-state index contributed by atoms with van der Waals surface area (Å²) in [7, 11) is 0. The van der Waals surface area contributed by atoms with Crippen molar-refractivity contribution >= 4 is 17.7 Å². The van der Waals surface area contributed by atoms with Crippen LogP contribution in [-0.2, 0) is 11.2 Å². The molecule has 5 nitrogen and oxygen atoms in total. The zero-order chi connectivity index (χ0) is 17.8. The second-order valence-electron chi connectivity index (χ2n) is 6.32. The summed E-state index contributed by atoms with van der Waals surface area (Å²) in [6.07, 6.45) is 4.87. The maximum atomic E-state index is 12.5. The quantitative estimate of drug-likeness (QED) is 0.704. The van der Waals surface area contributed by atoms with Gasteiger partial charge in [-0.05, 0) is 42.5 Å². The highest BCUT2D eigenvalue weighted by Crippen LogP contribution is 2.29. The third-order valence-corrected chi connectivity index (χ3v) is 5.53. The number of amides is 1. The van der Waals surface area contributed by atoms with Gasteiger partial charge in [0.05, 0.1) is 11.8 Å². The number of para-hydroxylation sites is 1. The van der Waals surface area contributed by atoms with Crippen molar-refractivity contribution in [3.05, 3.63) is 72.1 Å². The van der Waals surface area contributed by atoms with Crippen molar-refractivity contribution in [2.45, 2.75) is 30.5 Å². The average molecular weight is 364 g/mol. The zero-order valence-electron chi connectivity index (χ0n) is 14.3. The van der Waals surface area contributed by atoms with Crippen molar-refractivity contribution in [2.75, 3.05) is 5.75 Å². The normalized spacial score (nSPS) is 16.1. The first kappa shape index (κ1) is 16.8. The van der Waals surface area contributed by atoms with Crippen molar-refractivity contribution in [2.24, 2.45) is 0 Å². The second-order valence-corrected chi connectivity index (χ2v) is 7.26. The van der Waals surface area contributed by atoms with Crippen molar-refractivity contribution in [3.8, 4) is 5.69 Å². The lowest BCUT2D eigenvalue weighted by molar-refractivity contribution is -0.119. The number of hydrogen-bond acceptors (Lipinski definition) is 4. The Labute approximate surface area is 156 Å². The molecule has 2 aromatic carbocycles. The van der Waals surface area contributed by atoms with E-state index < -0.39 is 0 Å².